The maximum absolute atomic E-state index is 13.3. The van der Waals surface area contributed by atoms with Crippen LogP contribution in [0.2, 0.25) is 0 Å². The molecule has 242 valence electrons. The molecule has 45 heavy (non-hydrogen) atoms. The summed E-state index contributed by atoms with van der Waals surface area (Å²) in [6, 6.07) is 4.93. The second-order valence-corrected chi connectivity index (χ2v) is 11.4. The summed E-state index contributed by atoms with van der Waals surface area (Å²) in [4.78, 5) is 62.1. The number of nitrogens with zero attached hydrogens (tertiary/aromatic N) is 7. The third kappa shape index (κ3) is 8.69. The van der Waals surface area contributed by atoms with Gasteiger partial charge >= 0.3 is 17.9 Å². The molecule has 1 aromatic carbocycles. The smallest absolute Gasteiger partial charge is 0.338 e. The molecule has 1 atom stereocenters. The predicted molar refractivity (Wildman–Crippen MR) is 160 cm³/mol. The van der Waals surface area contributed by atoms with Crippen molar-refractivity contribution in [2.75, 3.05) is 53.0 Å². The van der Waals surface area contributed by atoms with E-state index in [1.807, 2.05) is 25.7 Å². The van der Waals surface area contributed by atoms with Crippen molar-refractivity contribution in [2.24, 2.45) is 4.99 Å². The molecular weight excluding hydrogens is 588 g/mol. The van der Waals surface area contributed by atoms with Gasteiger partial charge in [0.25, 0.3) is 5.69 Å². The minimum Gasteiger partial charge on any atom is -0.466 e. The summed E-state index contributed by atoms with van der Waals surface area (Å²) in [5.41, 5.74) is -0.0810. The number of aromatic nitrogens is 3. The van der Waals surface area contributed by atoms with Crippen molar-refractivity contribution >= 4 is 29.4 Å². The van der Waals surface area contributed by atoms with Gasteiger partial charge < -0.3 is 19.5 Å². The van der Waals surface area contributed by atoms with Gasteiger partial charge in [-0.25, -0.2) is 14.5 Å². The summed E-state index contributed by atoms with van der Waals surface area (Å²) in [7, 11) is 1.23. The Morgan fingerprint density at radius 2 is 1.76 bits per heavy atom. The van der Waals surface area contributed by atoms with E-state index in [0.717, 1.165) is 0 Å². The molecule has 2 aliphatic heterocycles. The number of ether oxygens (including phenoxy) is 3. The van der Waals surface area contributed by atoms with Crippen molar-refractivity contribution in [3.63, 3.8) is 0 Å². The number of carbonyl (C=O) groups excluding carboxylic acids is 3. The summed E-state index contributed by atoms with van der Waals surface area (Å²) in [6.07, 6.45) is 1.35. The number of benzene rings is 1. The quantitative estimate of drug-likeness (QED) is 0.163. The van der Waals surface area contributed by atoms with Crippen LogP contribution < -0.4 is 5.32 Å². The number of hydrogen-bond donors (Lipinski definition) is 1. The van der Waals surface area contributed by atoms with Crippen molar-refractivity contribution in [3.05, 3.63) is 63.4 Å². The van der Waals surface area contributed by atoms with Crippen LogP contribution in [0.15, 0.2) is 46.9 Å². The summed E-state index contributed by atoms with van der Waals surface area (Å²) >= 11 is 0. The van der Waals surface area contributed by atoms with Crippen LogP contribution in [0.5, 0.6) is 0 Å². The third-order valence-electron chi connectivity index (χ3n) is 6.92. The first-order valence-corrected chi connectivity index (χ1v) is 14.5. The summed E-state index contributed by atoms with van der Waals surface area (Å²) < 4.78 is 16.9. The lowest BCUT2D eigenvalue weighted by Crippen LogP contribution is -2.50. The zero-order valence-corrected chi connectivity index (χ0v) is 26.0. The van der Waals surface area contributed by atoms with Crippen LogP contribution in [0.3, 0.4) is 0 Å². The van der Waals surface area contributed by atoms with E-state index in [-0.39, 0.29) is 60.7 Å². The summed E-state index contributed by atoms with van der Waals surface area (Å²) in [5.74, 6) is -1.22. The number of para-hydroxylation sites is 1. The molecule has 4 rings (SSSR count). The molecule has 16 heteroatoms. The minimum atomic E-state index is -1.12. The van der Waals surface area contributed by atoms with E-state index in [2.05, 4.69) is 25.3 Å². The van der Waals surface area contributed by atoms with Crippen LogP contribution in [0.1, 0.15) is 45.1 Å². The Morgan fingerprint density at radius 3 is 2.40 bits per heavy atom. The van der Waals surface area contributed by atoms with Crippen LogP contribution in [-0.2, 0) is 35.1 Å². The van der Waals surface area contributed by atoms with Crippen molar-refractivity contribution in [3.8, 4) is 0 Å². The van der Waals surface area contributed by atoms with Gasteiger partial charge in [0.2, 0.25) is 5.82 Å². The van der Waals surface area contributed by atoms with Crippen LogP contribution in [-0.4, -0.2) is 112 Å². The molecule has 0 amide bonds. The minimum absolute atomic E-state index is 0.109. The molecule has 0 aliphatic carbocycles. The molecule has 0 saturated carbocycles. The van der Waals surface area contributed by atoms with Gasteiger partial charge in [0.1, 0.15) is 24.5 Å². The Bertz CT molecular complexity index is 1490. The molecule has 3 heterocycles. The molecule has 16 nitrogen and oxygen atoms in total. The van der Waals surface area contributed by atoms with Crippen LogP contribution in [0.25, 0.3) is 0 Å². The van der Waals surface area contributed by atoms with E-state index in [1.54, 1.807) is 13.0 Å². The molecular formula is C29H38N8O8. The molecule has 1 aromatic heterocycles. The van der Waals surface area contributed by atoms with Gasteiger partial charge in [0, 0.05) is 44.5 Å². The molecule has 1 N–H and O–H groups in total. The van der Waals surface area contributed by atoms with E-state index in [4.69, 9.17) is 14.2 Å². The predicted octanol–water partition coefficient (Wildman–Crippen LogP) is 1.23. The van der Waals surface area contributed by atoms with E-state index < -0.39 is 28.5 Å². The number of piperazine rings is 1. The fraction of sp³-hybridized carbons (Fsp3) is 0.517. The first-order chi connectivity index (χ1) is 21.4. The summed E-state index contributed by atoms with van der Waals surface area (Å²) in [6.45, 7) is 9.89. The number of methoxy groups -OCH3 is 1. The van der Waals surface area contributed by atoms with Gasteiger partial charge in [0.05, 0.1) is 36.3 Å². The second-order valence-electron chi connectivity index (χ2n) is 11.4. The van der Waals surface area contributed by atoms with Crippen molar-refractivity contribution in [2.45, 2.75) is 45.9 Å². The summed E-state index contributed by atoms with van der Waals surface area (Å²) in [5, 5.41) is 19.5. The Kier molecular flexibility index (Phi) is 10.6. The number of amidine groups is 1. The molecule has 1 unspecified atom stereocenters. The molecule has 1 saturated heterocycles. The maximum atomic E-state index is 13.3. The highest BCUT2D eigenvalue weighted by Gasteiger charge is 2.37. The van der Waals surface area contributed by atoms with Gasteiger partial charge in [0.15, 0.2) is 5.84 Å². The average Bonchev–Trinajstić information content (AvgIpc) is 3.45. The zero-order chi connectivity index (χ0) is 32.7. The van der Waals surface area contributed by atoms with Crippen LogP contribution in [0.4, 0.5) is 5.69 Å². The number of nitrogens with one attached hydrogen (secondary N) is 1. The first kappa shape index (κ1) is 33.2. The standard InChI is InChI=1S/C29H38N8O8/c1-6-44-22(38)17-36-18-30-26(33-36)27-31-20(15-34-11-13-35(14-12-34)16-23(39)45-29(2,3)4)24(28(40)43-5)25(32-27)19-9-7-8-10-21(19)37(41)42/h7-10,18,25H,6,11-17H2,1-5H3,(H,31,32). The Balaban J connectivity index is 1.64. The molecule has 0 spiro atoms. The number of hydrogen-bond acceptors (Lipinski definition) is 14. The zero-order valence-electron chi connectivity index (χ0n) is 26.0. The number of nitro groups is 1. The van der Waals surface area contributed by atoms with Gasteiger partial charge in [-0.1, -0.05) is 12.1 Å². The third-order valence-corrected chi connectivity index (χ3v) is 6.92. The highest BCUT2D eigenvalue weighted by molar-refractivity contribution is 6.01. The van der Waals surface area contributed by atoms with Gasteiger partial charge in [-0.2, -0.15) is 0 Å². The van der Waals surface area contributed by atoms with Gasteiger partial charge in [-0.15, -0.1) is 5.10 Å². The lowest BCUT2D eigenvalue weighted by Gasteiger charge is -2.36. The van der Waals surface area contributed by atoms with Crippen LogP contribution >= 0.6 is 0 Å². The highest BCUT2D eigenvalue weighted by Crippen LogP contribution is 2.37. The lowest BCUT2D eigenvalue weighted by atomic mass is 9.94. The molecule has 0 radical (unpaired) electrons. The van der Waals surface area contributed by atoms with Gasteiger partial charge in [-0.3, -0.25) is 34.5 Å². The van der Waals surface area contributed by atoms with Gasteiger partial charge in [-0.05, 0) is 33.8 Å². The Hall–Kier alpha value is -4.70. The van der Waals surface area contributed by atoms with Crippen molar-refractivity contribution in [1.29, 1.82) is 0 Å². The Labute approximate surface area is 260 Å². The largest absolute Gasteiger partial charge is 0.466 e. The fourth-order valence-electron chi connectivity index (χ4n) is 5.00. The Morgan fingerprint density at radius 1 is 1.07 bits per heavy atom. The van der Waals surface area contributed by atoms with E-state index in [9.17, 15) is 24.5 Å². The number of rotatable bonds is 11. The number of aliphatic imine (C=N–C) groups is 1. The van der Waals surface area contributed by atoms with Crippen molar-refractivity contribution < 1.29 is 33.5 Å². The maximum Gasteiger partial charge on any atom is 0.338 e. The van der Waals surface area contributed by atoms with E-state index in [0.29, 0.717) is 31.9 Å². The monoisotopic (exact) mass is 626 g/mol. The van der Waals surface area contributed by atoms with E-state index in [1.165, 1.54) is 36.3 Å². The average molecular weight is 627 g/mol. The first-order valence-electron chi connectivity index (χ1n) is 14.5. The number of esters is 3. The molecule has 2 aromatic rings. The van der Waals surface area contributed by atoms with E-state index >= 15 is 0 Å². The molecule has 2 aliphatic rings. The normalized spacial score (nSPS) is 17.7. The number of carbonyl (C=O) groups is 3. The fourth-order valence-corrected chi connectivity index (χ4v) is 5.00. The topological polar surface area (TPSA) is 184 Å². The second kappa shape index (κ2) is 14.4. The highest BCUT2D eigenvalue weighted by atomic mass is 16.6. The molecule has 1 fully saturated rings. The number of nitro benzene ring substituents is 1. The SMILES string of the molecule is CCOC(=O)Cn1cnc(C2=NC(c3ccccc3[N+](=O)[O-])C(C(=O)OC)=C(CN3CCN(CC(=O)OC(C)(C)C)CC3)N2)n1. The molecule has 0 bridgehead atoms. The van der Waals surface area contributed by atoms with Crippen molar-refractivity contribution in [1.82, 2.24) is 29.9 Å². The van der Waals surface area contributed by atoms with Crippen LogP contribution in [0, 0.1) is 10.1 Å². The lowest BCUT2D eigenvalue weighted by molar-refractivity contribution is -0.385.